The molecule has 1 aromatic carbocycles. The number of amides is 1. The lowest BCUT2D eigenvalue weighted by atomic mass is 10.2. The number of hydrogen-bond acceptors (Lipinski definition) is 3. The maximum absolute atomic E-state index is 13.1. The molecule has 1 amide bonds. The van der Waals surface area contributed by atoms with Crippen LogP contribution in [0, 0.1) is 5.82 Å². The van der Waals surface area contributed by atoms with Crippen LogP contribution in [0.2, 0.25) is 0 Å². The molecule has 0 heterocycles. The molecule has 1 unspecified atom stereocenters. The van der Waals surface area contributed by atoms with Crippen molar-refractivity contribution in [2.24, 2.45) is 0 Å². The van der Waals surface area contributed by atoms with E-state index in [9.17, 15) is 14.0 Å². The maximum atomic E-state index is 13.1. The molecule has 122 valence electrons. The Kier molecular flexibility index (Phi) is 7.96. The molecule has 6 heteroatoms. The Bertz CT molecular complexity index is 493. The van der Waals surface area contributed by atoms with Gasteiger partial charge in [-0.05, 0) is 31.4 Å². The molecule has 2 N–H and O–H groups in total. The van der Waals surface area contributed by atoms with Gasteiger partial charge in [0.25, 0.3) is 0 Å². The summed E-state index contributed by atoms with van der Waals surface area (Å²) in [6.07, 6.45) is 1.84. The van der Waals surface area contributed by atoms with Crippen LogP contribution in [0.25, 0.3) is 0 Å². The molecule has 0 saturated heterocycles. The molecule has 0 bridgehead atoms. The zero-order valence-corrected chi connectivity index (χ0v) is 12.7. The van der Waals surface area contributed by atoms with E-state index in [0.717, 1.165) is 0 Å². The Morgan fingerprint density at radius 1 is 1.32 bits per heavy atom. The van der Waals surface area contributed by atoms with Gasteiger partial charge in [0.15, 0.2) is 0 Å². The van der Waals surface area contributed by atoms with Gasteiger partial charge in [-0.25, -0.2) is 4.39 Å². The minimum absolute atomic E-state index is 0.0769. The van der Waals surface area contributed by atoms with Crippen LogP contribution in [0.5, 0.6) is 5.75 Å². The van der Waals surface area contributed by atoms with E-state index in [-0.39, 0.29) is 24.2 Å². The Hall–Kier alpha value is -2.11. The molecule has 0 spiro atoms. The van der Waals surface area contributed by atoms with Crippen molar-refractivity contribution < 1.29 is 23.8 Å². The van der Waals surface area contributed by atoms with Crippen molar-refractivity contribution in [1.82, 2.24) is 5.32 Å². The average Bonchev–Trinajstić information content (AvgIpc) is 2.47. The Morgan fingerprint density at radius 3 is 2.68 bits per heavy atom. The Balaban J connectivity index is 2.28. The zero-order chi connectivity index (χ0) is 16.4. The fraction of sp³-hybridized carbons (Fsp3) is 0.500. The van der Waals surface area contributed by atoms with Crippen LogP contribution >= 0.6 is 0 Å². The third-order valence-corrected chi connectivity index (χ3v) is 3.13. The number of halogens is 1. The van der Waals surface area contributed by atoms with Gasteiger partial charge in [-0.3, -0.25) is 9.59 Å². The van der Waals surface area contributed by atoms with Crippen molar-refractivity contribution in [1.29, 1.82) is 0 Å². The van der Waals surface area contributed by atoms with Gasteiger partial charge in [0.2, 0.25) is 5.91 Å². The fourth-order valence-corrected chi connectivity index (χ4v) is 1.88. The summed E-state index contributed by atoms with van der Waals surface area (Å²) in [5.41, 5.74) is 0. The molecule has 1 rings (SSSR count). The smallest absolute Gasteiger partial charge is 0.303 e. The van der Waals surface area contributed by atoms with Gasteiger partial charge < -0.3 is 15.2 Å². The highest BCUT2D eigenvalue weighted by Gasteiger charge is 2.11. The summed E-state index contributed by atoms with van der Waals surface area (Å²) in [5, 5.41) is 11.3. The number of hydrogen-bond donors (Lipinski definition) is 2. The largest absolute Gasteiger partial charge is 0.489 e. The monoisotopic (exact) mass is 311 g/mol. The summed E-state index contributed by atoms with van der Waals surface area (Å²) < 4.78 is 18.7. The SMILES string of the molecule is CCC(CNC(=O)CCCCC(=O)O)Oc1cccc(F)c1. The number of aliphatic carboxylic acids is 1. The summed E-state index contributed by atoms with van der Waals surface area (Å²) >= 11 is 0. The minimum Gasteiger partial charge on any atom is -0.489 e. The highest BCUT2D eigenvalue weighted by atomic mass is 19.1. The standard InChI is InChI=1S/C16H22FNO4/c1-2-13(22-14-7-5-6-12(17)10-14)11-18-15(19)8-3-4-9-16(20)21/h5-7,10,13H,2-4,8-9,11H2,1H3,(H,18,19)(H,20,21). The molecule has 5 nitrogen and oxygen atoms in total. The molecule has 0 aliphatic heterocycles. The lowest BCUT2D eigenvalue weighted by Crippen LogP contribution is -2.34. The van der Waals surface area contributed by atoms with Gasteiger partial charge in [-0.1, -0.05) is 13.0 Å². The summed E-state index contributed by atoms with van der Waals surface area (Å²) in [6, 6.07) is 5.88. The molecule has 0 aromatic heterocycles. The van der Waals surface area contributed by atoms with Crippen molar-refractivity contribution >= 4 is 11.9 Å². The average molecular weight is 311 g/mol. The van der Waals surface area contributed by atoms with E-state index in [4.69, 9.17) is 9.84 Å². The number of unbranched alkanes of at least 4 members (excludes halogenated alkanes) is 1. The van der Waals surface area contributed by atoms with Gasteiger partial charge >= 0.3 is 5.97 Å². The van der Waals surface area contributed by atoms with Gasteiger partial charge in [0, 0.05) is 18.9 Å². The number of carboxylic acids is 1. The zero-order valence-electron chi connectivity index (χ0n) is 12.7. The van der Waals surface area contributed by atoms with E-state index in [0.29, 0.717) is 38.0 Å². The number of carbonyl (C=O) groups is 2. The Labute approximate surface area is 129 Å². The van der Waals surface area contributed by atoms with Crippen LogP contribution in [0.15, 0.2) is 24.3 Å². The van der Waals surface area contributed by atoms with Gasteiger partial charge in [-0.15, -0.1) is 0 Å². The summed E-state index contributed by atoms with van der Waals surface area (Å²) in [5.74, 6) is -0.918. The van der Waals surface area contributed by atoms with E-state index in [1.165, 1.54) is 12.1 Å². The van der Waals surface area contributed by atoms with Crippen LogP contribution < -0.4 is 10.1 Å². The van der Waals surface area contributed by atoms with Crippen molar-refractivity contribution in [3.8, 4) is 5.75 Å². The number of benzene rings is 1. The third kappa shape index (κ3) is 7.61. The molecular formula is C16H22FNO4. The van der Waals surface area contributed by atoms with E-state index < -0.39 is 5.97 Å². The molecule has 0 aliphatic carbocycles. The lowest BCUT2D eigenvalue weighted by Gasteiger charge is -2.18. The van der Waals surface area contributed by atoms with Crippen LogP contribution in [0.3, 0.4) is 0 Å². The summed E-state index contributed by atoms with van der Waals surface area (Å²) in [7, 11) is 0. The quantitative estimate of drug-likeness (QED) is 0.652. The number of ether oxygens (including phenoxy) is 1. The molecule has 0 fully saturated rings. The third-order valence-electron chi connectivity index (χ3n) is 3.13. The van der Waals surface area contributed by atoms with E-state index in [1.807, 2.05) is 6.92 Å². The van der Waals surface area contributed by atoms with Crippen LogP contribution in [-0.4, -0.2) is 29.6 Å². The van der Waals surface area contributed by atoms with Crippen molar-refractivity contribution in [2.75, 3.05) is 6.54 Å². The first-order valence-corrected chi connectivity index (χ1v) is 7.42. The Morgan fingerprint density at radius 2 is 2.05 bits per heavy atom. The number of rotatable bonds is 10. The predicted molar refractivity (Wildman–Crippen MR) is 80.2 cm³/mol. The molecule has 22 heavy (non-hydrogen) atoms. The summed E-state index contributed by atoms with van der Waals surface area (Å²) in [6.45, 7) is 2.26. The highest BCUT2D eigenvalue weighted by molar-refractivity contribution is 5.75. The van der Waals surface area contributed by atoms with E-state index in [1.54, 1.807) is 12.1 Å². The lowest BCUT2D eigenvalue weighted by molar-refractivity contribution is -0.137. The molecular weight excluding hydrogens is 289 g/mol. The summed E-state index contributed by atoms with van der Waals surface area (Å²) in [4.78, 5) is 22.0. The first-order chi connectivity index (χ1) is 10.5. The second kappa shape index (κ2) is 9.76. The number of carbonyl (C=O) groups excluding carboxylic acids is 1. The first kappa shape index (κ1) is 17.9. The van der Waals surface area contributed by atoms with Crippen LogP contribution in [0.1, 0.15) is 39.0 Å². The maximum Gasteiger partial charge on any atom is 0.303 e. The van der Waals surface area contributed by atoms with Crippen molar-refractivity contribution in [3.05, 3.63) is 30.1 Å². The minimum atomic E-state index is -0.852. The first-order valence-electron chi connectivity index (χ1n) is 7.42. The molecule has 0 radical (unpaired) electrons. The van der Waals surface area contributed by atoms with Gasteiger partial charge in [0.1, 0.15) is 17.7 Å². The topological polar surface area (TPSA) is 75.6 Å². The van der Waals surface area contributed by atoms with Crippen LogP contribution in [0.4, 0.5) is 4.39 Å². The highest BCUT2D eigenvalue weighted by Crippen LogP contribution is 2.14. The fourth-order valence-electron chi connectivity index (χ4n) is 1.88. The van der Waals surface area contributed by atoms with Crippen molar-refractivity contribution in [2.45, 2.75) is 45.1 Å². The van der Waals surface area contributed by atoms with E-state index >= 15 is 0 Å². The molecule has 1 aromatic rings. The predicted octanol–water partition coefficient (Wildman–Crippen LogP) is 2.74. The number of carboxylic acid groups (broad SMARTS) is 1. The van der Waals surface area contributed by atoms with E-state index in [2.05, 4.69) is 5.32 Å². The molecule has 1 atom stereocenters. The molecule has 0 saturated carbocycles. The second-order valence-corrected chi connectivity index (χ2v) is 5.01. The van der Waals surface area contributed by atoms with Crippen molar-refractivity contribution in [3.63, 3.8) is 0 Å². The number of nitrogens with one attached hydrogen (secondary N) is 1. The molecule has 0 aliphatic rings. The van der Waals surface area contributed by atoms with Gasteiger partial charge in [-0.2, -0.15) is 0 Å². The van der Waals surface area contributed by atoms with Gasteiger partial charge in [0.05, 0.1) is 6.54 Å². The second-order valence-electron chi connectivity index (χ2n) is 5.01. The normalized spacial score (nSPS) is 11.7. The van der Waals surface area contributed by atoms with Crippen LogP contribution in [-0.2, 0) is 9.59 Å².